The normalized spacial score (nSPS) is 12.3. The van der Waals surface area contributed by atoms with E-state index in [1.807, 2.05) is 30.3 Å². The summed E-state index contributed by atoms with van der Waals surface area (Å²) in [6.45, 7) is 2.96. The van der Waals surface area contributed by atoms with Gasteiger partial charge in [0.15, 0.2) is 0 Å². The van der Waals surface area contributed by atoms with Gasteiger partial charge < -0.3 is 9.84 Å². The molecule has 0 heterocycles. The Morgan fingerprint density at radius 2 is 2.06 bits per heavy atom. The zero-order valence-corrected chi connectivity index (χ0v) is 9.56. The maximum Gasteiger partial charge on any atom is 0.313 e. The van der Waals surface area contributed by atoms with E-state index in [1.165, 1.54) is 0 Å². The van der Waals surface area contributed by atoms with Crippen LogP contribution >= 0.6 is 0 Å². The van der Waals surface area contributed by atoms with Crippen LogP contribution in [0.4, 0.5) is 0 Å². The summed E-state index contributed by atoms with van der Waals surface area (Å²) in [5, 5.41) is 9.10. The zero-order chi connectivity index (χ0) is 11.8. The van der Waals surface area contributed by atoms with Gasteiger partial charge in [-0.05, 0) is 12.0 Å². The van der Waals surface area contributed by atoms with Gasteiger partial charge in [-0.2, -0.15) is 0 Å². The molecule has 0 aliphatic carbocycles. The molecule has 0 aromatic heterocycles. The second kappa shape index (κ2) is 7.01. The molecular formula is C13H18O3. The van der Waals surface area contributed by atoms with Crippen LogP contribution in [0.3, 0.4) is 0 Å². The number of unbranched alkanes of at least 4 members (excludes halogenated alkanes) is 1. The van der Waals surface area contributed by atoms with Crippen molar-refractivity contribution >= 4 is 5.97 Å². The molecule has 1 unspecified atom stereocenters. The third kappa shape index (κ3) is 4.03. The summed E-state index contributed by atoms with van der Waals surface area (Å²) in [4.78, 5) is 11.1. The monoisotopic (exact) mass is 222 g/mol. The van der Waals surface area contributed by atoms with Crippen LogP contribution in [0.15, 0.2) is 30.3 Å². The van der Waals surface area contributed by atoms with E-state index in [4.69, 9.17) is 9.84 Å². The van der Waals surface area contributed by atoms with Crippen LogP contribution in [0, 0.1) is 0 Å². The Bertz CT molecular complexity index is 308. The van der Waals surface area contributed by atoms with Gasteiger partial charge in [-0.3, -0.25) is 4.79 Å². The van der Waals surface area contributed by atoms with Crippen LogP contribution in [-0.2, 0) is 9.53 Å². The number of hydrogen-bond donors (Lipinski definition) is 1. The van der Waals surface area contributed by atoms with E-state index < -0.39 is 11.9 Å². The van der Waals surface area contributed by atoms with E-state index in [9.17, 15) is 4.79 Å². The van der Waals surface area contributed by atoms with Crippen molar-refractivity contribution < 1.29 is 14.6 Å². The van der Waals surface area contributed by atoms with Crippen molar-refractivity contribution in [3.63, 3.8) is 0 Å². The predicted molar refractivity (Wildman–Crippen MR) is 62.5 cm³/mol. The zero-order valence-electron chi connectivity index (χ0n) is 9.56. The van der Waals surface area contributed by atoms with E-state index >= 15 is 0 Å². The van der Waals surface area contributed by atoms with Gasteiger partial charge in [0.1, 0.15) is 5.92 Å². The van der Waals surface area contributed by atoms with E-state index in [0.717, 1.165) is 18.4 Å². The van der Waals surface area contributed by atoms with Crippen molar-refractivity contribution in [1.29, 1.82) is 0 Å². The van der Waals surface area contributed by atoms with Crippen LogP contribution in [0.2, 0.25) is 0 Å². The minimum Gasteiger partial charge on any atom is -0.481 e. The van der Waals surface area contributed by atoms with Gasteiger partial charge in [0.2, 0.25) is 0 Å². The molecule has 1 aromatic carbocycles. The molecule has 3 heteroatoms. The van der Waals surface area contributed by atoms with Crippen molar-refractivity contribution in [2.24, 2.45) is 0 Å². The van der Waals surface area contributed by atoms with Crippen molar-refractivity contribution in [3.8, 4) is 0 Å². The van der Waals surface area contributed by atoms with E-state index in [0.29, 0.717) is 6.61 Å². The quantitative estimate of drug-likeness (QED) is 0.721. The summed E-state index contributed by atoms with van der Waals surface area (Å²) < 4.78 is 5.37. The number of aliphatic carboxylic acids is 1. The van der Waals surface area contributed by atoms with Crippen molar-refractivity contribution in [3.05, 3.63) is 35.9 Å². The molecular weight excluding hydrogens is 204 g/mol. The number of benzene rings is 1. The lowest BCUT2D eigenvalue weighted by Crippen LogP contribution is -2.18. The van der Waals surface area contributed by atoms with Crippen LogP contribution in [0.5, 0.6) is 0 Å². The van der Waals surface area contributed by atoms with Gasteiger partial charge in [-0.15, -0.1) is 0 Å². The fraction of sp³-hybridized carbons (Fsp3) is 0.462. The Labute approximate surface area is 96.1 Å². The number of rotatable bonds is 7. The molecule has 0 aliphatic rings. The molecule has 0 spiro atoms. The third-order valence-corrected chi connectivity index (χ3v) is 2.43. The molecule has 1 N–H and O–H groups in total. The molecule has 0 saturated carbocycles. The molecule has 1 rings (SSSR count). The molecule has 0 radical (unpaired) electrons. The maximum atomic E-state index is 11.1. The highest BCUT2D eigenvalue weighted by Crippen LogP contribution is 2.16. The van der Waals surface area contributed by atoms with Crippen LogP contribution in [0.1, 0.15) is 31.2 Å². The molecule has 16 heavy (non-hydrogen) atoms. The fourth-order valence-electron chi connectivity index (χ4n) is 1.44. The van der Waals surface area contributed by atoms with E-state index in [2.05, 4.69) is 6.92 Å². The Balaban J connectivity index is 2.52. The largest absolute Gasteiger partial charge is 0.481 e. The molecule has 1 atom stereocenters. The third-order valence-electron chi connectivity index (χ3n) is 2.43. The summed E-state index contributed by atoms with van der Waals surface area (Å²) in [6.07, 6.45) is 2.03. The van der Waals surface area contributed by atoms with Crippen LogP contribution in [-0.4, -0.2) is 24.3 Å². The number of carbonyl (C=O) groups is 1. The summed E-state index contributed by atoms with van der Waals surface area (Å²) in [5.74, 6) is -1.39. The SMILES string of the molecule is CCCCOCC(C(=O)O)c1ccccc1. The molecule has 88 valence electrons. The minimum atomic E-state index is -0.831. The molecule has 1 aromatic rings. The fourth-order valence-corrected chi connectivity index (χ4v) is 1.44. The highest BCUT2D eigenvalue weighted by Gasteiger charge is 2.19. The average molecular weight is 222 g/mol. The highest BCUT2D eigenvalue weighted by molar-refractivity contribution is 5.76. The Kier molecular flexibility index (Phi) is 5.57. The van der Waals surface area contributed by atoms with E-state index in [-0.39, 0.29) is 6.61 Å². The smallest absolute Gasteiger partial charge is 0.313 e. The lowest BCUT2D eigenvalue weighted by atomic mass is 10.0. The van der Waals surface area contributed by atoms with Crippen molar-refractivity contribution in [1.82, 2.24) is 0 Å². The number of ether oxygens (including phenoxy) is 1. The van der Waals surface area contributed by atoms with Crippen LogP contribution < -0.4 is 0 Å². The summed E-state index contributed by atoms with van der Waals surface area (Å²) in [6, 6.07) is 9.21. The van der Waals surface area contributed by atoms with E-state index in [1.54, 1.807) is 0 Å². The minimum absolute atomic E-state index is 0.249. The first-order valence-electron chi connectivity index (χ1n) is 5.61. The second-order valence-electron chi connectivity index (χ2n) is 3.73. The second-order valence-corrected chi connectivity index (χ2v) is 3.73. The van der Waals surface area contributed by atoms with Gasteiger partial charge in [0.25, 0.3) is 0 Å². The Morgan fingerprint density at radius 1 is 1.38 bits per heavy atom. The van der Waals surface area contributed by atoms with Crippen molar-refractivity contribution in [2.75, 3.05) is 13.2 Å². The molecule has 3 nitrogen and oxygen atoms in total. The number of carboxylic acids is 1. The molecule has 0 amide bonds. The summed E-state index contributed by atoms with van der Waals surface area (Å²) >= 11 is 0. The Morgan fingerprint density at radius 3 is 2.62 bits per heavy atom. The maximum absolute atomic E-state index is 11.1. The number of hydrogen-bond acceptors (Lipinski definition) is 2. The van der Waals surface area contributed by atoms with Gasteiger partial charge in [0.05, 0.1) is 6.61 Å². The average Bonchev–Trinajstić information content (AvgIpc) is 2.30. The first-order valence-corrected chi connectivity index (χ1v) is 5.61. The van der Waals surface area contributed by atoms with Gasteiger partial charge in [-0.1, -0.05) is 43.7 Å². The van der Waals surface area contributed by atoms with Gasteiger partial charge >= 0.3 is 5.97 Å². The topological polar surface area (TPSA) is 46.5 Å². The standard InChI is InChI=1S/C13H18O3/c1-2-3-9-16-10-12(13(14)15)11-7-5-4-6-8-11/h4-8,12H,2-3,9-10H2,1H3,(H,14,15). The Hall–Kier alpha value is -1.35. The predicted octanol–water partition coefficient (Wildman–Crippen LogP) is 2.67. The molecule has 0 fully saturated rings. The van der Waals surface area contributed by atoms with Crippen LogP contribution in [0.25, 0.3) is 0 Å². The highest BCUT2D eigenvalue weighted by atomic mass is 16.5. The van der Waals surface area contributed by atoms with Crippen molar-refractivity contribution in [2.45, 2.75) is 25.7 Å². The summed E-state index contributed by atoms with van der Waals surface area (Å²) in [5.41, 5.74) is 0.798. The number of carboxylic acid groups (broad SMARTS) is 1. The molecule has 0 bridgehead atoms. The first kappa shape index (κ1) is 12.7. The lowest BCUT2D eigenvalue weighted by molar-refractivity contribution is -0.140. The first-order chi connectivity index (χ1) is 7.75. The molecule has 0 aliphatic heterocycles. The lowest BCUT2D eigenvalue weighted by Gasteiger charge is -2.12. The van der Waals surface area contributed by atoms with Gasteiger partial charge in [-0.25, -0.2) is 0 Å². The van der Waals surface area contributed by atoms with Gasteiger partial charge in [0, 0.05) is 6.61 Å². The molecule has 0 saturated heterocycles. The summed E-state index contributed by atoms with van der Waals surface area (Å²) in [7, 11) is 0.